The molecule has 3 aromatic heterocycles. The average molecular weight is 392 g/mol. The van der Waals surface area contributed by atoms with Crippen LogP contribution in [0.3, 0.4) is 0 Å². The van der Waals surface area contributed by atoms with Crippen LogP contribution in [0.4, 0.5) is 5.13 Å². The second kappa shape index (κ2) is 7.12. The van der Waals surface area contributed by atoms with Crippen LogP contribution in [0.15, 0.2) is 29.6 Å². The Kier molecular flexibility index (Phi) is 4.64. The molecule has 4 rings (SSSR count). The second-order valence-electron chi connectivity index (χ2n) is 6.86. The number of aryl methyl sites for hydroxylation is 4. The van der Waals surface area contributed by atoms with E-state index in [1.165, 1.54) is 16.9 Å². The summed E-state index contributed by atoms with van der Waals surface area (Å²) in [6.07, 6.45) is 0.0698. The number of aromatic nitrogens is 5. The highest BCUT2D eigenvalue weighted by Crippen LogP contribution is 2.28. The lowest BCUT2D eigenvalue weighted by Gasteiger charge is -2.03. The molecule has 28 heavy (non-hydrogen) atoms. The molecule has 8 heteroatoms. The van der Waals surface area contributed by atoms with Crippen molar-refractivity contribution in [1.82, 2.24) is 24.6 Å². The molecular weight excluding hydrogens is 372 g/mol. The van der Waals surface area contributed by atoms with Crippen molar-refractivity contribution in [3.63, 3.8) is 0 Å². The third kappa shape index (κ3) is 3.63. The highest BCUT2D eigenvalue weighted by Gasteiger charge is 2.14. The number of anilines is 1. The fourth-order valence-corrected chi connectivity index (χ4v) is 3.87. The molecule has 1 amide bonds. The minimum atomic E-state index is -0.202. The maximum absolute atomic E-state index is 12.4. The largest absolute Gasteiger partial charge is 0.302 e. The van der Waals surface area contributed by atoms with Gasteiger partial charge in [0, 0.05) is 22.3 Å². The van der Waals surface area contributed by atoms with Crippen molar-refractivity contribution in [2.24, 2.45) is 0 Å². The van der Waals surface area contributed by atoms with E-state index in [1.807, 2.05) is 25.3 Å². The van der Waals surface area contributed by atoms with E-state index in [4.69, 9.17) is 0 Å². The summed E-state index contributed by atoms with van der Waals surface area (Å²) in [7, 11) is 0. The van der Waals surface area contributed by atoms with E-state index in [2.05, 4.69) is 57.4 Å². The van der Waals surface area contributed by atoms with Gasteiger partial charge in [-0.2, -0.15) is 4.98 Å². The molecule has 142 valence electrons. The first-order valence-corrected chi connectivity index (χ1v) is 9.80. The maximum Gasteiger partial charge on any atom is 0.252 e. The monoisotopic (exact) mass is 392 g/mol. The van der Waals surface area contributed by atoms with Gasteiger partial charge in [-0.3, -0.25) is 4.79 Å². The number of fused-ring (bicyclic) bond motifs is 1. The van der Waals surface area contributed by atoms with Crippen molar-refractivity contribution in [2.75, 3.05) is 5.32 Å². The molecule has 3 heterocycles. The lowest BCUT2D eigenvalue weighted by Crippen LogP contribution is -2.15. The number of hydrogen-bond donors (Lipinski definition) is 1. The van der Waals surface area contributed by atoms with Gasteiger partial charge in [-0.15, -0.1) is 16.4 Å². The van der Waals surface area contributed by atoms with Gasteiger partial charge < -0.3 is 5.32 Å². The number of nitrogens with one attached hydrogen (secondary N) is 1. The minimum absolute atomic E-state index is 0.0698. The predicted molar refractivity (Wildman–Crippen MR) is 110 cm³/mol. The Morgan fingerprint density at radius 2 is 1.93 bits per heavy atom. The Labute approximate surface area is 166 Å². The first-order valence-electron chi connectivity index (χ1n) is 8.92. The molecule has 7 nitrogen and oxygen atoms in total. The van der Waals surface area contributed by atoms with Gasteiger partial charge >= 0.3 is 0 Å². The minimum Gasteiger partial charge on any atom is -0.302 e. The number of carbonyl (C=O) groups excluding carboxylic acids is 1. The molecule has 4 aromatic rings. The third-order valence-electron chi connectivity index (χ3n) is 4.39. The molecule has 1 aromatic carbocycles. The van der Waals surface area contributed by atoms with Crippen molar-refractivity contribution >= 4 is 28.2 Å². The van der Waals surface area contributed by atoms with E-state index in [-0.39, 0.29) is 12.3 Å². The van der Waals surface area contributed by atoms with Crippen LogP contribution in [0, 0.1) is 27.7 Å². The Hall–Kier alpha value is -3.13. The summed E-state index contributed by atoms with van der Waals surface area (Å²) in [5.41, 5.74) is 6.11. The molecule has 0 saturated heterocycles. The van der Waals surface area contributed by atoms with Gasteiger partial charge in [0.2, 0.25) is 5.91 Å². The number of nitrogens with zero attached hydrogens (tertiary/aromatic N) is 5. The summed E-state index contributed by atoms with van der Waals surface area (Å²) >= 11 is 1.40. The molecular formula is C20H20N6OS. The zero-order valence-electron chi connectivity index (χ0n) is 16.1. The van der Waals surface area contributed by atoms with Gasteiger partial charge in [0.1, 0.15) is 0 Å². The summed E-state index contributed by atoms with van der Waals surface area (Å²) in [4.78, 5) is 25.7. The number of benzene rings is 1. The van der Waals surface area contributed by atoms with E-state index in [9.17, 15) is 4.79 Å². The normalized spacial score (nSPS) is 11.1. The Morgan fingerprint density at radius 3 is 2.71 bits per heavy atom. The quantitative estimate of drug-likeness (QED) is 0.573. The Morgan fingerprint density at radius 1 is 1.11 bits per heavy atom. The number of amides is 1. The third-order valence-corrected chi connectivity index (χ3v) is 5.15. The van der Waals surface area contributed by atoms with Gasteiger partial charge in [-0.1, -0.05) is 23.8 Å². The first kappa shape index (κ1) is 18.2. The fourth-order valence-electron chi connectivity index (χ4n) is 3.15. The van der Waals surface area contributed by atoms with Crippen LogP contribution in [0.1, 0.15) is 28.3 Å². The van der Waals surface area contributed by atoms with Crippen LogP contribution in [-0.2, 0) is 11.2 Å². The zero-order chi connectivity index (χ0) is 19.8. The number of hydrogen-bond acceptors (Lipinski definition) is 6. The highest BCUT2D eigenvalue weighted by molar-refractivity contribution is 7.14. The fraction of sp³-hybridized carbons (Fsp3) is 0.250. The van der Waals surface area contributed by atoms with E-state index >= 15 is 0 Å². The van der Waals surface area contributed by atoms with E-state index in [0.29, 0.717) is 16.7 Å². The number of thiazole rings is 1. The molecule has 0 radical (unpaired) electrons. The van der Waals surface area contributed by atoms with Crippen molar-refractivity contribution < 1.29 is 4.79 Å². The van der Waals surface area contributed by atoms with Crippen LogP contribution >= 0.6 is 11.3 Å². The summed E-state index contributed by atoms with van der Waals surface area (Å²) < 4.78 is 1.65. The molecule has 0 unspecified atom stereocenters. The summed E-state index contributed by atoms with van der Waals surface area (Å²) in [5, 5.41) is 9.73. The van der Waals surface area contributed by atoms with Gasteiger partial charge in [-0.05, 0) is 39.3 Å². The molecule has 0 bridgehead atoms. The molecule has 0 saturated carbocycles. The summed E-state index contributed by atoms with van der Waals surface area (Å²) in [6, 6.07) is 8.17. The first-order chi connectivity index (χ1) is 13.4. The van der Waals surface area contributed by atoms with Gasteiger partial charge in [0.25, 0.3) is 5.78 Å². The SMILES string of the molecule is Cc1ccc(-c2csc(NC(=O)Cc3nc4nc(C)cc(C)n4n3)n2)c(C)c1. The van der Waals surface area contributed by atoms with E-state index < -0.39 is 0 Å². The Balaban J connectivity index is 1.49. The van der Waals surface area contributed by atoms with Gasteiger partial charge in [-0.25, -0.2) is 14.5 Å². The number of carbonyl (C=O) groups is 1. The van der Waals surface area contributed by atoms with E-state index in [0.717, 1.165) is 28.2 Å². The van der Waals surface area contributed by atoms with Crippen molar-refractivity contribution in [3.8, 4) is 11.3 Å². The second-order valence-corrected chi connectivity index (χ2v) is 7.72. The molecule has 1 N–H and O–H groups in total. The molecule has 0 atom stereocenters. The topological polar surface area (TPSA) is 85.1 Å². The lowest BCUT2D eigenvalue weighted by atomic mass is 10.0. The van der Waals surface area contributed by atoms with Crippen LogP contribution in [0.5, 0.6) is 0 Å². The van der Waals surface area contributed by atoms with Crippen molar-refractivity contribution in [2.45, 2.75) is 34.1 Å². The highest BCUT2D eigenvalue weighted by atomic mass is 32.1. The molecule has 0 aliphatic rings. The van der Waals surface area contributed by atoms with Crippen LogP contribution in [-0.4, -0.2) is 30.5 Å². The zero-order valence-corrected chi connectivity index (χ0v) is 17.0. The van der Waals surface area contributed by atoms with Crippen molar-refractivity contribution in [1.29, 1.82) is 0 Å². The molecule has 0 fully saturated rings. The van der Waals surface area contributed by atoms with Gasteiger partial charge in [0.15, 0.2) is 11.0 Å². The number of rotatable bonds is 4. The van der Waals surface area contributed by atoms with Crippen LogP contribution in [0.2, 0.25) is 0 Å². The molecule has 0 aliphatic heterocycles. The van der Waals surface area contributed by atoms with Gasteiger partial charge in [0.05, 0.1) is 12.1 Å². The van der Waals surface area contributed by atoms with E-state index in [1.54, 1.807) is 4.52 Å². The van der Waals surface area contributed by atoms with Crippen LogP contribution < -0.4 is 5.32 Å². The smallest absolute Gasteiger partial charge is 0.252 e. The Bertz CT molecular complexity index is 1190. The predicted octanol–water partition coefficient (Wildman–Crippen LogP) is 3.66. The molecule has 0 aliphatic carbocycles. The van der Waals surface area contributed by atoms with Crippen LogP contribution in [0.25, 0.3) is 17.0 Å². The standard InChI is InChI=1S/C20H20N6OS/c1-11-5-6-15(12(2)7-11)16-10-28-20(22-16)24-18(27)9-17-23-19-21-13(3)8-14(4)26(19)25-17/h5-8,10H,9H2,1-4H3,(H,22,24,27). The van der Waals surface area contributed by atoms with Crippen molar-refractivity contribution in [3.05, 3.63) is 58.0 Å². The summed E-state index contributed by atoms with van der Waals surface area (Å²) in [6.45, 7) is 7.97. The lowest BCUT2D eigenvalue weighted by molar-refractivity contribution is -0.115. The summed E-state index contributed by atoms with van der Waals surface area (Å²) in [5.74, 6) is 0.739. The molecule has 0 spiro atoms. The maximum atomic E-state index is 12.4. The average Bonchev–Trinajstić information content (AvgIpc) is 3.21.